The molecule has 0 saturated heterocycles. The number of rotatable bonds is 7. The summed E-state index contributed by atoms with van der Waals surface area (Å²) in [6, 6.07) is 4.58. The van der Waals surface area contributed by atoms with Crippen molar-refractivity contribution in [1.82, 2.24) is 9.62 Å². The SMILES string of the molecule is CCN(CC)S(=O)(=O)c1cc(C(=O)N[C@H](C)[C@@H]2C[C@@H]3CC[C@@H]2C3)ccc1Cl. The lowest BCUT2D eigenvalue weighted by atomic mass is 9.84. The molecule has 27 heavy (non-hydrogen) atoms. The van der Waals surface area contributed by atoms with Crippen LogP contribution in [-0.4, -0.2) is 37.8 Å². The van der Waals surface area contributed by atoms with Crippen LogP contribution in [0.15, 0.2) is 23.1 Å². The van der Waals surface area contributed by atoms with Crippen molar-refractivity contribution < 1.29 is 13.2 Å². The molecule has 3 rings (SSSR count). The lowest BCUT2D eigenvalue weighted by Gasteiger charge is -2.28. The highest BCUT2D eigenvalue weighted by molar-refractivity contribution is 7.89. The summed E-state index contributed by atoms with van der Waals surface area (Å²) in [6.07, 6.45) is 5.07. The molecule has 0 heterocycles. The molecule has 2 bridgehead atoms. The molecule has 2 aliphatic rings. The fraction of sp³-hybridized carbons (Fsp3) is 0.650. The average Bonchev–Trinajstić information content (AvgIpc) is 3.26. The molecule has 4 atom stereocenters. The van der Waals surface area contributed by atoms with Crippen LogP contribution in [0.4, 0.5) is 0 Å². The van der Waals surface area contributed by atoms with E-state index < -0.39 is 10.0 Å². The van der Waals surface area contributed by atoms with Gasteiger partial charge in [-0.3, -0.25) is 4.79 Å². The first kappa shape index (κ1) is 20.6. The molecule has 7 heteroatoms. The first-order valence-corrected chi connectivity index (χ1v) is 11.7. The van der Waals surface area contributed by atoms with Gasteiger partial charge in [-0.15, -0.1) is 0 Å². The Bertz CT molecular complexity index is 807. The zero-order valence-corrected chi connectivity index (χ0v) is 17.8. The number of hydrogen-bond donors (Lipinski definition) is 1. The van der Waals surface area contributed by atoms with Gasteiger partial charge < -0.3 is 5.32 Å². The van der Waals surface area contributed by atoms with Crippen molar-refractivity contribution in [3.8, 4) is 0 Å². The summed E-state index contributed by atoms with van der Waals surface area (Å²) in [4.78, 5) is 12.7. The van der Waals surface area contributed by atoms with E-state index in [9.17, 15) is 13.2 Å². The predicted octanol–water partition coefficient (Wildman–Crippen LogP) is 3.93. The molecule has 0 aliphatic heterocycles. The Morgan fingerprint density at radius 2 is 1.96 bits per heavy atom. The van der Waals surface area contributed by atoms with E-state index in [-0.39, 0.29) is 21.9 Å². The Morgan fingerprint density at radius 1 is 1.26 bits per heavy atom. The topological polar surface area (TPSA) is 66.5 Å². The molecule has 5 nitrogen and oxygen atoms in total. The van der Waals surface area contributed by atoms with Crippen molar-refractivity contribution in [1.29, 1.82) is 0 Å². The van der Waals surface area contributed by atoms with Crippen LogP contribution in [0.2, 0.25) is 5.02 Å². The summed E-state index contributed by atoms with van der Waals surface area (Å²) in [5, 5.41) is 3.23. The van der Waals surface area contributed by atoms with Crippen molar-refractivity contribution in [2.45, 2.75) is 57.4 Å². The summed E-state index contributed by atoms with van der Waals surface area (Å²) in [7, 11) is -3.72. The monoisotopic (exact) mass is 412 g/mol. The Morgan fingerprint density at radius 3 is 2.52 bits per heavy atom. The molecule has 150 valence electrons. The van der Waals surface area contributed by atoms with Gasteiger partial charge in [-0.25, -0.2) is 8.42 Å². The van der Waals surface area contributed by atoms with E-state index in [2.05, 4.69) is 12.2 Å². The molecule has 2 saturated carbocycles. The van der Waals surface area contributed by atoms with Crippen LogP contribution >= 0.6 is 11.6 Å². The molecule has 2 fully saturated rings. The van der Waals surface area contributed by atoms with Gasteiger partial charge in [-0.2, -0.15) is 4.31 Å². The zero-order valence-electron chi connectivity index (χ0n) is 16.2. The van der Waals surface area contributed by atoms with E-state index in [1.165, 1.54) is 42.1 Å². The van der Waals surface area contributed by atoms with E-state index in [4.69, 9.17) is 11.6 Å². The highest BCUT2D eigenvalue weighted by Gasteiger charge is 2.42. The number of carbonyl (C=O) groups excluding carboxylic acids is 1. The highest BCUT2D eigenvalue weighted by atomic mass is 35.5. The van der Waals surface area contributed by atoms with Gasteiger partial charge in [0.15, 0.2) is 0 Å². The summed E-state index contributed by atoms with van der Waals surface area (Å²) >= 11 is 6.16. The number of sulfonamides is 1. The maximum atomic E-state index is 12.8. The number of nitrogens with one attached hydrogen (secondary N) is 1. The van der Waals surface area contributed by atoms with Gasteiger partial charge in [-0.1, -0.05) is 31.9 Å². The third kappa shape index (κ3) is 4.03. The normalized spacial score (nSPS) is 25.7. The molecule has 2 aliphatic carbocycles. The Kier molecular flexibility index (Phi) is 6.18. The van der Waals surface area contributed by atoms with Crippen LogP contribution in [0.1, 0.15) is 56.8 Å². The van der Waals surface area contributed by atoms with Crippen LogP contribution < -0.4 is 5.32 Å². The molecule has 1 aromatic rings. The Hall–Kier alpha value is -1.11. The van der Waals surface area contributed by atoms with Crippen molar-refractivity contribution >= 4 is 27.5 Å². The van der Waals surface area contributed by atoms with Gasteiger partial charge in [0.05, 0.1) is 5.02 Å². The number of carbonyl (C=O) groups is 1. The number of hydrogen-bond acceptors (Lipinski definition) is 3. The van der Waals surface area contributed by atoms with Crippen molar-refractivity contribution in [3.63, 3.8) is 0 Å². The first-order chi connectivity index (χ1) is 12.8. The standard InChI is InChI=1S/C20H29ClN2O3S/c1-4-23(5-2)27(25,26)19-12-16(8-9-18(19)21)20(24)22-13(3)17-11-14-6-7-15(17)10-14/h8-9,12-15,17H,4-7,10-11H2,1-3H3,(H,22,24)/t13-,14-,15-,17+/m1/s1. The molecule has 0 unspecified atom stereocenters. The Labute approximate surface area is 167 Å². The average molecular weight is 413 g/mol. The summed E-state index contributed by atoms with van der Waals surface area (Å²) in [6.45, 7) is 6.33. The van der Waals surface area contributed by atoms with Crippen LogP contribution in [-0.2, 0) is 10.0 Å². The minimum Gasteiger partial charge on any atom is -0.349 e. The van der Waals surface area contributed by atoms with E-state index in [0.717, 1.165) is 5.92 Å². The maximum absolute atomic E-state index is 12.8. The number of fused-ring (bicyclic) bond motifs is 2. The third-order valence-electron chi connectivity index (χ3n) is 6.31. The number of benzene rings is 1. The number of halogens is 1. The molecule has 0 aromatic heterocycles. The second-order valence-electron chi connectivity index (χ2n) is 7.84. The van der Waals surface area contributed by atoms with Gasteiger partial charge in [-0.05, 0) is 62.1 Å². The maximum Gasteiger partial charge on any atom is 0.251 e. The van der Waals surface area contributed by atoms with Crippen molar-refractivity contribution in [2.24, 2.45) is 17.8 Å². The summed E-state index contributed by atoms with van der Waals surface area (Å²) in [5.41, 5.74) is 0.333. The molecule has 0 radical (unpaired) electrons. The van der Waals surface area contributed by atoms with Gasteiger partial charge in [0.25, 0.3) is 5.91 Å². The van der Waals surface area contributed by atoms with Crippen LogP contribution in [0.5, 0.6) is 0 Å². The smallest absolute Gasteiger partial charge is 0.251 e. The second-order valence-corrected chi connectivity index (χ2v) is 10.1. The molecular formula is C20H29ClN2O3S. The number of nitrogens with zero attached hydrogens (tertiary/aromatic N) is 1. The first-order valence-electron chi connectivity index (χ1n) is 9.88. The predicted molar refractivity (Wildman–Crippen MR) is 107 cm³/mol. The largest absolute Gasteiger partial charge is 0.349 e. The molecule has 1 amide bonds. The van der Waals surface area contributed by atoms with E-state index in [0.29, 0.717) is 30.5 Å². The van der Waals surface area contributed by atoms with Crippen LogP contribution in [0, 0.1) is 17.8 Å². The quantitative estimate of drug-likeness (QED) is 0.737. The fourth-order valence-corrected chi connectivity index (χ4v) is 6.81. The van der Waals surface area contributed by atoms with E-state index in [1.54, 1.807) is 19.9 Å². The van der Waals surface area contributed by atoms with E-state index in [1.807, 2.05) is 0 Å². The minimum atomic E-state index is -3.72. The van der Waals surface area contributed by atoms with Crippen LogP contribution in [0.3, 0.4) is 0 Å². The molecule has 0 spiro atoms. The molecule has 1 aromatic carbocycles. The van der Waals surface area contributed by atoms with Gasteiger partial charge in [0.1, 0.15) is 4.90 Å². The zero-order chi connectivity index (χ0) is 19.8. The van der Waals surface area contributed by atoms with Gasteiger partial charge >= 0.3 is 0 Å². The Balaban J connectivity index is 1.78. The lowest BCUT2D eigenvalue weighted by molar-refractivity contribution is 0.0915. The molecular weight excluding hydrogens is 384 g/mol. The summed E-state index contributed by atoms with van der Waals surface area (Å²) < 4.78 is 27.0. The third-order valence-corrected chi connectivity index (χ3v) is 8.84. The summed E-state index contributed by atoms with van der Waals surface area (Å²) in [5.74, 6) is 1.83. The van der Waals surface area contributed by atoms with E-state index >= 15 is 0 Å². The van der Waals surface area contributed by atoms with Crippen molar-refractivity contribution in [3.05, 3.63) is 28.8 Å². The van der Waals surface area contributed by atoms with Crippen LogP contribution in [0.25, 0.3) is 0 Å². The second kappa shape index (κ2) is 8.10. The lowest BCUT2D eigenvalue weighted by Crippen LogP contribution is -2.40. The highest BCUT2D eigenvalue weighted by Crippen LogP contribution is 2.49. The molecule has 1 N–H and O–H groups in total. The minimum absolute atomic E-state index is 0.00640. The number of amides is 1. The van der Waals surface area contributed by atoms with Crippen molar-refractivity contribution in [2.75, 3.05) is 13.1 Å². The van der Waals surface area contributed by atoms with Gasteiger partial charge in [0.2, 0.25) is 10.0 Å². The fourth-order valence-electron chi connectivity index (χ4n) is 4.85. The van der Waals surface area contributed by atoms with Gasteiger partial charge in [0, 0.05) is 24.7 Å².